The summed E-state index contributed by atoms with van der Waals surface area (Å²) in [5, 5.41) is 1.90. The van der Waals surface area contributed by atoms with Crippen molar-refractivity contribution in [2.75, 3.05) is 0 Å². The van der Waals surface area contributed by atoms with Crippen LogP contribution in [0, 0.1) is 6.92 Å². The van der Waals surface area contributed by atoms with Crippen molar-refractivity contribution in [3.63, 3.8) is 0 Å². The number of hydrogen-bond acceptors (Lipinski definition) is 0. The van der Waals surface area contributed by atoms with E-state index in [1.807, 2.05) is 25.1 Å². The minimum absolute atomic E-state index is 0.766. The molecule has 1 aromatic heterocycles. The van der Waals surface area contributed by atoms with Gasteiger partial charge in [0, 0.05) is 26.1 Å². The zero-order chi connectivity index (χ0) is 8.72. The summed E-state index contributed by atoms with van der Waals surface area (Å²) in [7, 11) is 0. The number of halogens is 2. The van der Waals surface area contributed by atoms with Gasteiger partial charge in [-0.2, -0.15) is 0 Å². The van der Waals surface area contributed by atoms with Gasteiger partial charge in [-0.1, -0.05) is 11.6 Å². The number of nitrogens with one attached hydrogen (secondary N) is 1. The van der Waals surface area contributed by atoms with Gasteiger partial charge in [-0.25, -0.2) is 0 Å². The van der Waals surface area contributed by atoms with E-state index in [4.69, 9.17) is 11.6 Å². The SMILES string of the molecule is Cc1[nH]c2ccc(Cl)cc2c1Br. The fourth-order valence-electron chi connectivity index (χ4n) is 1.27. The molecule has 1 heterocycles. The number of hydrogen-bond donors (Lipinski definition) is 1. The summed E-state index contributed by atoms with van der Waals surface area (Å²) in [5.74, 6) is 0. The van der Waals surface area contributed by atoms with Gasteiger partial charge >= 0.3 is 0 Å². The normalized spacial score (nSPS) is 10.9. The third-order valence-electron chi connectivity index (χ3n) is 1.87. The number of fused-ring (bicyclic) bond motifs is 1. The molecule has 12 heavy (non-hydrogen) atoms. The average molecular weight is 245 g/mol. The summed E-state index contributed by atoms with van der Waals surface area (Å²) >= 11 is 9.36. The minimum Gasteiger partial charge on any atom is -0.358 e. The quantitative estimate of drug-likeness (QED) is 0.724. The van der Waals surface area contributed by atoms with E-state index in [1.165, 1.54) is 0 Å². The van der Waals surface area contributed by atoms with Crippen LogP contribution in [0.25, 0.3) is 10.9 Å². The summed E-state index contributed by atoms with van der Waals surface area (Å²) in [6, 6.07) is 5.81. The maximum atomic E-state index is 5.87. The van der Waals surface area contributed by atoms with E-state index in [9.17, 15) is 0 Å². The molecule has 0 fully saturated rings. The summed E-state index contributed by atoms with van der Waals surface area (Å²) in [5.41, 5.74) is 2.25. The Labute approximate surface area is 83.9 Å². The van der Waals surface area contributed by atoms with Crippen molar-refractivity contribution >= 4 is 38.4 Å². The molecule has 0 aliphatic rings. The third kappa shape index (κ3) is 1.15. The predicted molar refractivity (Wildman–Crippen MR) is 55.7 cm³/mol. The molecule has 0 aliphatic heterocycles. The van der Waals surface area contributed by atoms with E-state index in [2.05, 4.69) is 20.9 Å². The first-order chi connectivity index (χ1) is 5.68. The van der Waals surface area contributed by atoms with Gasteiger partial charge in [0.15, 0.2) is 0 Å². The molecule has 1 nitrogen and oxygen atoms in total. The molecule has 3 heteroatoms. The van der Waals surface area contributed by atoms with Crippen LogP contribution in [0.3, 0.4) is 0 Å². The summed E-state index contributed by atoms with van der Waals surface area (Å²) in [4.78, 5) is 3.25. The van der Waals surface area contributed by atoms with Crippen LogP contribution in [0.4, 0.5) is 0 Å². The molecule has 2 rings (SSSR count). The molecule has 0 aliphatic carbocycles. The molecule has 0 saturated heterocycles. The second-order valence-electron chi connectivity index (χ2n) is 2.75. The highest BCUT2D eigenvalue weighted by Crippen LogP contribution is 2.29. The van der Waals surface area contributed by atoms with Crippen molar-refractivity contribution in [3.8, 4) is 0 Å². The van der Waals surface area contributed by atoms with Crippen molar-refractivity contribution in [1.82, 2.24) is 4.98 Å². The zero-order valence-corrected chi connectivity index (χ0v) is 8.83. The molecular weight excluding hydrogens is 237 g/mol. The highest BCUT2D eigenvalue weighted by molar-refractivity contribution is 9.10. The van der Waals surface area contributed by atoms with E-state index in [0.29, 0.717) is 0 Å². The van der Waals surface area contributed by atoms with Crippen LogP contribution in [0.5, 0.6) is 0 Å². The molecule has 62 valence electrons. The summed E-state index contributed by atoms with van der Waals surface area (Å²) in [6.07, 6.45) is 0. The van der Waals surface area contributed by atoms with Crippen LogP contribution >= 0.6 is 27.5 Å². The number of H-pyrrole nitrogens is 1. The summed E-state index contributed by atoms with van der Waals surface area (Å²) in [6.45, 7) is 2.03. The molecule has 0 atom stereocenters. The van der Waals surface area contributed by atoms with Crippen LogP contribution in [-0.2, 0) is 0 Å². The molecule has 0 saturated carbocycles. The fraction of sp³-hybridized carbons (Fsp3) is 0.111. The second kappa shape index (κ2) is 2.79. The van der Waals surface area contributed by atoms with Gasteiger partial charge in [-0.15, -0.1) is 0 Å². The van der Waals surface area contributed by atoms with Gasteiger partial charge in [0.2, 0.25) is 0 Å². The number of rotatable bonds is 0. The van der Waals surface area contributed by atoms with Crippen LogP contribution < -0.4 is 0 Å². The van der Waals surface area contributed by atoms with Gasteiger partial charge in [-0.05, 0) is 41.1 Å². The number of benzene rings is 1. The topological polar surface area (TPSA) is 15.8 Å². The van der Waals surface area contributed by atoms with Crippen molar-refractivity contribution in [1.29, 1.82) is 0 Å². The predicted octanol–water partition coefficient (Wildman–Crippen LogP) is 3.89. The Bertz CT molecular complexity index is 433. The maximum absolute atomic E-state index is 5.87. The number of aromatic nitrogens is 1. The first-order valence-corrected chi connectivity index (χ1v) is 4.79. The van der Waals surface area contributed by atoms with E-state index >= 15 is 0 Å². The number of aromatic amines is 1. The van der Waals surface area contributed by atoms with E-state index in [0.717, 1.165) is 26.1 Å². The smallest absolute Gasteiger partial charge is 0.0468 e. The Kier molecular flexibility index (Phi) is 1.89. The van der Waals surface area contributed by atoms with E-state index in [1.54, 1.807) is 0 Å². The minimum atomic E-state index is 0.766. The molecule has 1 aromatic carbocycles. The first-order valence-electron chi connectivity index (χ1n) is 3.62. The van der Waals surface area contributed by atoms with Gasteiger partial charge in [-0.3, -0.25) is 0 Å². The molecule has 0 amide bonds. The lowest BCUT2D eigenvalue weighted by Crippen LogP contribution is -1.67. The van der Waals surface area contributed by atoms with Gasteiger partial charge < -0.3 is 4.98 Å². The standard InChI is InChI=1S/C9H7BrClN/c1-5-9(10)7-4-6(11)2-3-8(7)12-5/h2-4,12H,1H3. The lowest BCUT2D eigenvalue weighted by atomic mass is 10.2. The molecular formula is C9H7BrClN. The molecule has 0 spiro atoms. The highest BCUT2D eigenvalue weighted by Gasteiger charge is 2.04. The summed E-state index contributed by atoms with van der Waals surface area (Å²) < 4.78 is 1.10. The molecule has 0 radical (unpaired) electrons. The molecule has 0 unspecified atom stereocenters. The lowest BCUT2D eigenvalue weighted by molar-refractivity contribution is 1.28. The highest BCUT2D eigenvalue weighted by atomic mass is 79.9. The Morgan fingerprint density at radius 2 is 2.17 bits per heavy atom. The van der Waals surface area contributed by atoms with Crippen molar-refractivity contribution in [2.45, 2.75) is 6.92 Å². The Morgan fingerprint density at radius 3 is 2.92 bits per heavy atom. The van der Waals surface area contributed by atoms with E-state index < -0.39 is 0 Å². The zero-order valence-electron chi connectivity index (χ0n) is 6.49. The van der Waals surface area contributed by atoms with Crippen molar-refractivity contribution < 1.29 is 0 Å². The average Bonchev–Trinajstić information content (AvgIpc) is 2.31. The van der Waals surface area contributed by atoms with Crippen LogP contribution in [-0.4, -0.2) is 4.98 Å². The van der Waals surface area contributed by atoms with Gasteiger partial charge in [0.1, 0.15) is 0 Å². The first kappa shape index (κ1) is 8.14. The third-order valence-corrected chi connectivity index (χ3v) is 3.13. The van der Waals surface area contributed by atoms with Crippen molar-refractivity contribution in [3.05, 3.63) is 33.4 Å². The molecule has 1 N–H and O–H groups in total. The van der Waals surface area contributed by atoms with Crippen LogP contribution in [0.1, 0.15) is 5.69 Å². The monoisotopic (exact) mass is 243 g/mol. The van der Waals surface area contributed by atoms with Gasteiger partial charge in [0.25, 0.3) is 0 Å². The lowest BCUT2D eigenvalue weighted by Gasteiger charge is -1.90. The Balaban J connectivity index is 2.88. The second-order valence-corrected chi connectivity index (χ2v) is 3.98. The number of aryl methyl sites for hydroxylation is 1. The largest absolute Gasteiger partial charge is 0.358 e. The fourth-order valence-corrected chi connectivity index (χ4v) is 1.87. The van der Waals surface area contributed by atoms with E-state index in [-0.39, 0.29) is 0 Å². The Morgan fingerprint density at radius 1 is 1.42 bits per heavy atom. The van der Waals surface area contributed by atoms with Crippen molar-refractivity contribution in [2.24, 2.45) is 0 Å². The Hall–Kier alpha value is -0.470. The maximum Gasteiger partial charge on any atom is 0.0468 e. The molecule has 0 bridgehead atoms. The molecule has 2 aromatic rings. The van der Waals surface area contributed by atoms with Crippen LogP contribution in [0.15, 0.2) is 22.7 Å². The van der Waals surface area contributed by atoms with Crippen LogP contribution in [0.2, 0.25) is 5.02 Å². The van der Waals surface area contributed by atoms with Gasteiger partial charge in [0.05, 0.1) is 0 Å².